The minimum Gasteiger partial charge on any atom is -0.469 e. The molecule has 0 saturated carbocycles. The van der Waals surface area contributed by atoms with Gasteiger partial charge in [0.15, 0.2) is 0 Å². The van der Waals surface area contributed by atoms with Gasteiger partial charge < -0.3 is 9.73 Å². The molecule has 1 aliphatic carbocycles. The van der Waals surface area contributed by atoms with Crippen LogP contribution in [0.1, 0.15) is 43.0 Å². The van der Waals surface area contributed by atoms with Gasteiger partial charge in [-0.25, -0.2) is 0 Å². The molecule has 0 spiro atoms. The lowest BCUT2D eigenvalue weighted by molar-refractivity contribution is 0.410. The molecule has 90 valence electrons. The van der Waals surface area contributed by atoms with Crippen molar-refractivity contribution in [3.63, 3.8) is 0 Å². The van der Waals surface area contributed by atoms with Crippen LogP contribution in [0.2, 0.25) is 0 Å². The van der Waals surface area contributed by atoms with Gasteiger partial charge in [0.25, 0.3) is 0 Å². The number of furan rings is 1. The van der Waals surface area contributed by atoms with Gasteiger partial charge in [0.2, 0.25) is 0 Å². The number of nitrogens with one attached hydrogen (secondary N) is 1. The third-order valence-electron chi connectivity index (χ3n) is 3.22. The Bertz CT molecular complexity index is 311. The Hall–Kier alpha value is -0.410. The van der Waals surface area contributed by atoms with E-state index in [4.69, 9.17) is 4.42 Å². The van der Waals surface area contributed by atoms with E-state index in [1.54, 1.807) is 0 Å². The summed E-state index contributed by atoms with van der Waals surface area (Å²) in [5.74, 6) is 2.48. The van der Waals surface area contributed by atoms with Crippen molar-refractivity contribution in [2.75, 3.05) is 18.6 Å². The number of unbranched alkanes of at least 4 members (excludes halogenated alkanes) is 1. The van der Waals surface area contributed by atoms with Gasteiger partial charge in [-0.1, -0.05) is 0 Å². The molecule has 1 atom stereocenters. The number of aryl methyl sites for hydroxylation is 1. The Morgan fingerprint density at radius 3 is 3.31 bits per heavy atom. The van der Waals surface area contributed by atoms with Gasteiger partial charge in [0.05, 0.1) is 6.26 Å². The monoisotopic (exact) mass is 239 g/mol. The summed E-state index contributed by atoms with van der Waals surface area (Å²) in [5.41, 5.74) is 1.40. The lowest BCUT2D eigenvalue weighted by atomic mass is 9.93. The molecule has 3 heteroatoms. The van der Waals surface area contributed by atoms with Crippen LogP contribution in [0.4, 0.5) is 0 Å². The van der Waals surface area contributed by atoms with Crippen LogP contribution in [0.3, 0.4) is 0 Å². The molecule has 1 heterocycles. The summed E-state index contributed by atoms with van der Waals surface area (Å²) < 4.78 is 5.49. The van der Waals surface area contributed by atoms with Crippen LogP contribution in [-0.4, -0.2) is 18.6 Å². The molecule has 0 bridgehead atoms. The van der Waals surface area contributed by atoms with Crippen molar-refractivity contribution in [3.05, 3.63) is 23.7 Å². The van der Waals surface area contributed by atoms with Crippen LogP contribution in [-0.2, 0) is 6.42 Å². The summed E-state index contributed by atoms with van der Waals surface area (Å²) in [5, 5.41) is 3.65. The van der Waals surface area contributed by atoms with Crippen molar-refractivity contribution in [2.24, 2.45) is 0 Å². The van der Waals surface area contributed by atoms with Crippen LogP contribution in [0.15, 0.2) is 16.7 Å². The van der Waals surface area contributed by atoms with E-state index in [0.29, 0.717) is 6.04 Å². The fraction of sp³-hybridized carbons (Fsp3) is 0.692. The lowest BCUT2D eigenvalue weighted by Gasteiger charge is -2.22. The molecule has 0 amide bonds. The molecule has 2 rings (SSSR count). The molecule has 0 saturated heterocycles. The molecule has 0 fully saturated rings. The quantitative estimate of drug-likeness (QED) is 0.770. The zero-order valence-electron chi connectivity index (χ0n) is 10.00. The first-order chi connectivity index (χ1) is 7.92. The summed E-state index contributed by atoms with van der Waals surface area (Å²) in [4.78, 5) is 0. The Balaban J connectivity index is 1.75. The number of rotatable bonds is 6. The van der Waals surface area contributed by atoms with Crippen LogP contribution >= 0.6 is 11.8 Å². The predicted molar refractivity (Wildman–Crippen MR) is 70.0 cm³/mol. The van der Waals surface area contributed by atoms with E-state index in [0.717, 1.165) is 13.0 Å². The molecule has 0 aromatic carbocycles. The smallest absolute Gasteiger partial charge is 0.108 e. The molecule has 1 aliphatic rings. The van der Waals surface area contributed by atoms with E-state index in [1.165, 1.54) is 42.8 Å². The predicted octanol–water partition coefficient (Wildman–Crippen LogP) is 3.39. The Morgan fingerprint density at radius 2 is 2.44 bits per heavy atom. The fourth-order valence-electron chi connectivity index (χ4n) is 2.35. The van der Waals surface area contributed by atoms with Crippen LogP contribution in [0.5, 0.6) is 0 Å². The topological polar surface area (TPSA) is 25.2 Å². The van der Waals surface area contributed by atoms with Gasteiger partial charge in [0.1, 0.15) is 5.76 Å². The molecule has 0 aliphatic heterocycles. The van der Waals surface area contributed by atoms with Crippen molar-refractivity contribution < 1.29 is 4.42 Å². The van der Waals surface area contributed by atoms with E-state index < -0.39 is 0 Å². The first-order valence-electron chi connectivity index (χ1n) is 6.20. The molecule has 1 aromatic rings. The zero-order valence-corrected chi connectivity index (χ0v) is 10.8. The van der Waals surface area contributed by atoms with E-state index in [2.05, 4.69) is 17.6 Å². The number of hydrogen-bond donors (Lipinski definition) is 1. The van der Waals surface area contributed by atoms with Crippen molar-refractivity contribution in [2.45, 2.75) is 38.1 Å². The van der Waals surface area contributed by atoms with E-state index in [1.807, 2.05) is 18.0 Å². The molecule has 1 unspecified atom stereocenters. The maximum atomic E-state index is 5.49. The molecule has 0 radical (unpaired) electrons. The number of fused-ring (bicyclic) bond motifs is 1. The number of hydrogen-bond acceptors (Lipinski definition) is 3. The Morgan fingerprint density at radius 1 is 1.50 bits per heavy atom. The largest absolute Gasteiger partial charge is 0.469 e. The maximum absolute atomic E-state index is 5.49. The summed E-state index contributed by atoms with van der Waals surface area (Å²) in [6.07, 6.45) is 10.2. The summed E-state index contributed by atoms with van der Waals surface area (Å²) >= 11 is 1.93. The standard InChI is InChI=1S/C13H21NOS/c1-16-10-3-2-8-14-12-5-4-6-13-11(12)7-9-15-13/h7,9,12,14H,2-6,8,10H2,1H3. The van der Waals surface area contributed by atoms with Gasteiger partial charge >= 0.3 is 0 Å². The van der Waals surface area contributed by atoms with Gasteiger partial charge in [0, 0.05) is 18.0 Å². The highest BCUT2D eigenvalue weighted by atomic mass is 32.2. The summed E-state index contributed by atoms with van der Waals surface area (Å²) in [7, 11) is 0. The van der Waals surface area contributed by atoms with Gasteiger partial charge in [-0.05, 0) is 50.3 Å². The third-order valence-corrected chi connectivity index (χ3v) is 3.91. The third kappa shape index (κ3) is 3.05. The average molecular weight is 239 g/mol. The first kappa shape index (κ1) is 12.1. The van der Waals surface area contributed by atoms with Crippen LogP contribution in [0.25, 0.3) is 0 Å². The summed E-state index contributed by atoms with van der Waals surface area (Å²) in [6, 6.07) is 2.67. The number of thioether (sulfide) groups is 1. The SMILES string of the molecule is CSCCCCNC1CCCc2occc21. The molecule has 1 N–H and O–H groups in total. The van der Waals surface area contributed by atoms with Crippen LogP contribution < -0.4 is 5.32 Å². The van der Waals surface area contributed by atoms with E-state index in [-0.39, 0.29) is 0 Å². The second-order valence-corrected chi connectivity index (χ2v) is 5.38. The molecule has 1 aromatic heterocycles. The van der Waals surface area contributed by atoms with Gasteiger partial charge in [-0.3, -0.25) is 0 Å². The highest BCUT2D eigenvalue weighted by Gasteiger charge is 2.21. The minimum absolute atomic E-state index is 0.539. The van der Waals surface area contributed by atoms with Crippen molar-refractivity contribution in [1.82, 2.24) is 5.32 Å². The van der Waals surface area contributed by atoms with Gasteiger partial charge in [-0.15, -0.1) is 0 Å². The molecule has 2 nitrogen and oxygen atoms in total. The van der Waals surface area contributed by atoms with Crippen molar-refractivity contribution >= 4 is 11.8 Å². The highest BCUT2D eigenvalue weighted by Crippen LogP contribution is 2.30. The second-order valence-electron chi connectivity index (χ2n) is 4.40. The van der Waals surface area contributed by atoms with E-state index in [9.17, 15) is 0 Å². The fourth-order valence-corrected chi connectivity index (χ4v) is 2.84. The second kappa shape index (κ2) is 6.36. The van der Waals surface area contributed by atoms with E-state index >= 15 is 0 Å². The van der Waals surface area contributed by atoms with Crippen molar-refractivity contribution in [1.29, 1.82) is 0 Å². The average Bonchev–Trinajstić information content (AvgIpc) is 2.77. The molecular weight excluding hydrogens is 218 g/mol. The first-order valence-corrected chi connectivity index (χ1v) is 7.60. The molecule has 16 heavy (non-hydrogen) atoms. The minimum atomic E-state index is 0.539. The maximum Gasteiger partial charge on any atom is 0.108 e. The summed E-state index contributed by atoms with van der Waals surface area (Å²) in [6.45, 7) is 1.13. The van der Waals surface area contributed by atoms with Crippen molar-refractivity contribution in [3.8, 4) is 0 Å². The van der Waals surface area contributed by atoms with Gasteiger partial charge in [-0.2, -0.15) is 11.8 Å². The normalized spacial score (nSPS) is 19.7. The highest BCUT2D eigenvalue weighted by molar-refractivity contribution is 7.98. The van der Waals surface area contributed by atoms with Crippen LogP contribution in [0, 0.1) is 0 Å². The Kier molecular flexibility index (Phi) is 4.79. The Labute approximate surface area is 102 Å². The zero-order chi connectivity index (χ0) is 11.2. The molecular formula is C13H21NOS. The lowest BCUT2D eigenvalue weighted by Crippen LogP contribution is -2.25.